The molecule has 0 bridgehead atoms. The molecule has 2 aliphatic rings. The molecule has 0 saturated carbocycles. The Morgan fingerprint density at radius 2 is 1.79 bits per heavy atom. The van der Waals surface area contributed by atoms with Gasteiger partial charge in [0, 0.05) is 36.3 Å². The molecule has 1 amide bonds. The van der Waals surface area contributed by atoms with Gasteiger partial charge in [0.05, 0.1) is 0 Å². The predicted molar refractivity (Wildman–Crippen MR) is 98.7 cm³/mol. The van der Waals surface area contributed by atoms with E-state index in [9.17, 15) is 18.0 Å². The first-order valence-electron chi connectivity index (χ1n) is 9.06. The van der Waals surface area contributed by atoms with Gasteiger partial charge in [0.1, 0.15) is 5.75 Å². The number of hydrogen-bond acceptors (Lipinski definition) is 3. The van der Waals surface area contributed by atoms with Crippen LogP contribution in [0.3, 0.4) is 0 Å². The molecular weight excluding hydrogens is 369 g/mol. The van der Waals surface area contributed by atoms with Gasteiger partial charge in [0.25, 0.3) is 5.91 Å². The first-order chi connectivity index (χ1) is 13.4. The molecule has 1 fully saturated rings. The van der Waals surface area contributed by atoms with Crippen molar-refractivity contribution in [3.8, 4) is 5.75 Å². The van der Waals surface area contributed by atoms with Crippen molar-refractivity contribution in [2.24, 2.45) is 5.92 Å². The van der Waals surface area contributed by atoms with Crippen LogP contribution >= 0.6 is 0 Å². The van der Waals surface area contributed by atoms with E-state index in [0.717, 1.165) is 18.5 Å². The number of ether oxygens (including phenoxy) is 1. The van der Waals surface area contributed by atoms with Crippen molar-refractivity contribution >= 4 is 11.6 Å². The molecule has 2 atom stereocenters. The zero-order valence-electron chi connectivity index (χ0n) is 14.9. The Morgan fingerprint density at radius 3 is 2.43 bits per heavy atom. The van der Waals surface area contributed by atoms with Crippen LogP contribution in [-0.4, -0.2) is 24.9 Å². The summed E-state index contributed by atoms with van der Waals surface area (Å²) in [7, 11) is 0. The highest BCUT2D eigenvalue weighted by atomic mass is 19.4. The summed E-state index contributed by atoms with van der Waals surface area (Å²) in [6.45, 7) is 1.27. The number of anilines is 1. The average molecular weight is 388 g/mol. The van der Waals surface area contributed by atoms with Gasteiger partial charge in [-0.1, -0.05) is 36.4 Å². The molecule has 1 aliphatic heterocycles. The molecule has 2 aromatic rings. The summed E-state index contributed by atoms with van der Waals surface area (Å²) in [5.41, 5.74) is 2.54. The second-order valence-electron chi connectivity index (χ2n) is 6.99. The van der Waals surface area contributed by atoms with Crippen LogP contribution in [0.2, 0.25) is 0 Å². The number of amides is 1. The third-order valence-corrected chi connectivity index (χ3v) is 5.05. The molecule has 7 heteroatoms. The Bertz CT molecular complexity index is 879. The van der Waals surface area contributed by atoms with Crippen LogP contribution in [0.15, 0.2) is 66.2 Å². The topological polar surface area (TPSA) is 41.6 Å². The summed E-state index contributed by atoms with van der Waals surface area (Å²) in [4.78, 5) is 14.4. The van der Waals surface area contributed by atoms with E-state index in [1.54, 1.807) is 4.90 Å². The number of alkyl halides is 3. The highest BCUT2D eigenvalue weighted by Gasteiger charge is 2.41. The normalized spacial score (nSPS) is 21.6. The summed E-state index contributed by atoms with van der Waals surface area (Å²) in [6.07, 6.45) is -1.91. The fourth-order valence-electron chi connectivity index (χ4n) is 3.77. The number of benzene rings is 2. The van der Waals surface area contributed by atoms with Gasteiger partial charge in [0.2, 0.25) is 0 Å². The van der Waals surface area contributed by atoms with Crippen LogP contribution in [0.1, 0.15) is 12.0 Å². The van der Waals surface area contributed by atoms with Crippen molar-refractivity contribution in [1.82, 2.24) is 5.32 Å². The second kappa shape index (κ2) is 7.31. The van der Waals surface area contributed by atoms with Crippen LogP contribution < -0.4 is 15.0 Å². The number of halogens is 3. The molecule has 2 aromatic carbocycles. The largest absolute Gasteiger partial charge is 0.573 e. The van der Waals surface area contributed by atoms with Crippen LogP contribution in [0, 0.1) is 5.92 Å². The van der Waals surface area contributed by atoms with Crippen molar-refractivity contribution in [1.29, 1.82) is 0 Å². The molecule has 0 spiro atoms. The predicted octanol–water partition coefficient (Wildman–Crippen LogP) is 4.04. The van der Waals surface area contributed by atoms with Gasteiger partial charge in [0.15, 0.2) is 0 Å². The van der Waals surface area contributed by atoms with E-state index in [-0.39, 0.29) is 23.6 Å². The summed E-state index contributed by atoms with van der Waals surface area (Å²) in [6, 6.07) is 15.6. The maximum absolute atomic E-state index is 12.7. The van der Waals surface area contributed by atoms with Crippen molar-refractivity contribution in [3.05, 3.63) is 71.8 Å². The van der Waals surface area contributed by atoms with E-state index in [1.807, 2.05) is 24.3 Å². The fraction of sp³-hybridized carbons (Fsp3) is 0.286. The molecule has 0 aromatic heterocycles. The Hall–Kier alpha value is -2.80. The van der Waals surface area contributed by atoms with Crippen LogP contribution in [0.25, 0.3) is 0 Å². The maximum Gasteiger partial charge on any atom is 0.573 e. The standard InChI is InChI=1S/C21H19F3N2O2/c22-21(23,24)28-18-8-6-17(7-9-18)26-13-15-10-16(11-19(15)20(26)27)25-12-14-4-2-1-3-5-14/h1-9,11,15-16,25H,10,12-13H2. The number of hydrogen-bond donors (Lipinski definition) is 1. The van der Waals surface area contributed by atoms with Gasteiger partial charge in [-0.2, -0.15) is 0 Å². The monoisotopic (exact) mass is 388 g/mol. The number of carbonyl (C=O) groups is 1. The quantitative estimate of drug-likeness (QED) is 0.841. The summed E-state index contributed by atoms with van der Waals surface area (Å²) in [5, 5.41) is 3.46. The fourth-order valence-corrected chi connectivity index (χ4v) is 3.77. The van der Waals surface area contributed by atoms with Gasteiger partial charge >= 0.3 is 6.36 Å². The summed E-state index contributed by atoms with van der Waals surface area (Å²) >= 11 is 0. The Kier molecular flexibility index (Phi) is 4.85. The zero-order chi connectivity index (χ0) is 19.7. The lowest BCUT2D eigenvalue weighted by atomic mass is 10.0. The van der Waals surface area contributed by atoms with Gasteiger partial charge < -0.3 is 15.0 Å². The number of fused-ring (bicyclic) bond motifs is 1. The highest BCUT2D eigenvalue weighted by molar-refractivity contribution is 6.09. The van der Waals surface area contributed by atoms with E-state index < -0.39 is 6.36 Å². The Balaban J connectivity index is 1.39. The first kappa shape index (κ1) is 18.6. The van der Waals surface area contributed by atoms with Crippen molar-refractivity contribution < 1.29 is 22.7 Å². The van der Waals surface area contributed by atoms with E-state index in [4.69, 9.17) is 0 Å². The van der Waals surface area contributed by atoms with Gasteiger partial charge in [-0.15, -0.1) is 13.2 Å². The molecule has 0 radical (unpaired) electrons. The molecular formula is C21H19F3N2O2. The van der Waals surface area contributed by atoms with Crippen LogP contribution in [-0.2, 0) is 11.3 Å². The highest BCUT2D eigenvalue weighted by Crippen LogP contribution is 2.37. The van der Waals surface area contributed by atoms with Gasteiger partial charge in [-0.25, -0.2) is 0 Å². The van der Waals surface area contributed by atoms with Crippen molar-refractivity contribution in [2.75, 3.05) is 11.4 Å². The number of nitrogens with one attached hydrogen (secondary N) is 1. The molecule has 146 valence electrons. The summed E-state index contributed by atoms with van der Waals surface area (Å²) < 4.78 is 40.7. The van der Waals surface area contributed by atoms with Crippen molar-refractivity contribution in [3.63, 3.8) is 0 Å². The molecule has 1 saturated heterocycles. The van der Waals surface area contributed by atoms with E-state index in [0.29, 0.717) is 12.2 Å². The number of nitrogens with zero attached hydrogens (tertiary/aromatic N) is 1. The van der Waals surface area contributed by atoms with Crippen LogP contribution in [0.5, 0.6) is 5.75 Å². The first-order valence-corrected chi connectivity index (χ1v) is 9.06. The van der Waals surface area contributed by atoms with E-state index in [1.165, 1.54) is 29.8 Å². The second-order valence-corrected chi connectivity index (χ2v) is 6.99. The molecule has 4 nitrogen and oxygen atoms in total. The van der Waals surface area contributed by atoms with Gasteiger partial charge in [-0.05, 0) is 36.2 Å². The third-order valence-electron chi connectivity index (χ3n) is 5.05. The third kappa shape index (κ3) is 4.04. The molecule has 1 N–H and O–H groups in total. The molecule has 28 heavy (non-hydrogen) atoms. The minimum atomic E-state index is -4.73. The number of rotatable bonds is 5. The van der Waals surface area contributed by atoms with E-state index in [2.05, 4.69) is 22.2 Å². The smallest absolute Gasteiger partial charge is 0.406 e. The SMILES string of the molecule is O=C1C2=CC(NCc3ccccc3)CC2CN1c1ccc(OC(F)(F)F)cc1. The maximum atomic E-state index is 12.7. The summed E-state index contributed by atoms with van der Waals surface area (Å²) in [5.74, 6) is -0.252. The lowest BCUT2D eigenvalue weighted by Crippen LogP contribution is -2.30. The lowest BCUT2D eigenvalue weighted by molar-refractivity contribution is -0.274. The molecule has 2 unspecified atom stereocenters. The van der Waals surface area contributed by atoms with E-state index >= 15 is 0 Å². The minimum absolute atomic E-state index is 0.0847. The Labute approximate surface area is 160 Å². The lowest BCUT2D eigenvalue weighted by Gasteiger charge is -2.19. The minimum Gasteiger partial charge on any atom is -0.406 e. The molecule has 1 aliphatic carbocycles. The van der Waals surface area contributed by atoms with Crippen molar-refractivity contribution in [2.45, 2.75) is 25.4 Å². The van der Waals surface area contributed by atoms with Gasteiger partial charge in [-0.3, -0.25) is 4.79 Å². The zero-order valence-corrected chi connectivity index (χ0v) is 14.9. The molecule has 1 heterocycles. The average Bonchev–Trinajstić information content (AvgIpc) is 3.19. The van der Waals surface area contributed by atoms with Crippen LogP contribution in [0.4, 0.5) is 18.9 Å². The number of carbonyl (C=O) groups excluding carboxylic acids is 1. The Morgan fingerprint density at radius 1 is 1.07 bits per heavy atom. The molecule has 4 rings (SSSR count).